The molecule has 0 saturated carbocycles. The van der Waals surface area contributed by atoms with Crippen molar-refractivity contribution in [2.75, 3.05) is 13.6 Å². The van der Waals surface area contributed by atoms with E-state index in [2.05, 4.69) is 42.2 Å². The van der Waals surface area contributed by atoms with Gasteiger partial charge in [-0.3, -0.25) is 9.80 Å². The maximum atomic E-state index is 5.18. The molecule has 0 radical (unpaired) electrons. The van der Waals surface area contributed by atoms with Gasteiger partial charge in [0.05, 0.1) is 24.3 Å². The van der Waals surface area contributed by atoms with Crippen molar-refractivity contribution in [3.63, 3.8) is 0 Å². The van der Waals surface area contributed by atoms with Crippen LogP contribution in [0.5, 0.6) is 0 Å². The summed E-state index contributed by atoms with van der Waals surface area (Å²) in [4.78, 5) is 9.52. The fraction of sp³-hybridized carbons (Fsp3) is 0.588. The number of fused-ring (bicyclic) bond motifs is 1. The molecule has 0 saturated heterocycles. The van der Waals surface area contributed by atoms with Crippen LogP contribution in [-0.2, 0) is 19.6 Å². The quantitative estimate of drug-likeness (QED) is 0.851. The van der Waals surface area contributed by atoms with Gasteiger partial charge in [0.15, 0.2) is 0 Å². The zero-order chi connectivity index (χ0) is 15.7. The lowest BCUT2D eigenvalue weighted by atomic mass is 10.2. The molecular weight excluding hydrogens is 276 g/mol. The molecule has 1 aliphatic rings. The Bertz CT molecular complexity index is 602. The molecule has 1 aliphatic heterocycles. The van der Waals surface area contributed by atoms with Crippen molar-refractivity contribution in [1.82, 2.24) is 19.4 Å². The highest BCUT2D eigenvalue weighted by Crippen LogP contribution is 2.27. The van der Waals surface area contributed by atoms with Gasteiger partial charge >= 0.3 is 0 Å². The summed E-state index contributed by atoms with van der Waals surface area (Å²) in [5.74, 6) is 1.18. The third kappa shape index (κ3) is 2.96. The Hall–Kier alpha value is -1.59. The lowest BCUT2D eigenvalue weighted by Crippen LogP contribution is -2.37. The lowest BCUT2D eigenvalue weighted by molar-refractivity contribution is 0.152. The Morgan fingerprint density at radius 1 is 1.41 bits per heavy atom. The molecule has 120 valence electrons. The average molecular weight is 302 g/mol. The molecule has 3 heterocycles. The van der Waals surface area contributed by atoms with Crippen molar-refractivity contribution in [1.29, 1.82) is 0 Å². The van der Waals surface area contributed by atoms with Gasteiger partial charge in [-0.2, -0.15) is 0 Å². The maximum Gasteiger partial charge on any atom is 0.126 e. The summed E-state index contributed by atoms with van der Waals surface area (Å²) in [6, 6.07) is 2.92. The second kappa shape index (κ2) is 6.26. The van der Waals surface area contributed by atoms with Crippen molar-refractivity contribution in [3.8, 4) is 0 Å². The zero-order valence-corrected chi connectivity index (χ0v) is 14.0. The predicted octanol–water partition coefficient (Wildman–Crippen LogP) is 2.89. The molecule has 2 aromatic rings. The minimum atomic E-state index is 0.335. The first-order valence-electron chi connectivity index (χ1n) is 8.06. The summed E-state index contributed by atoms with van der Waals surface area (Å²) in [5.41, 5.74) is 2.55. The molecule has 1 atom stereocenters. The number of hydrogen-bond donors (Lipinski definition) is 0. The summed E-state index contributed by atoms with van der Waals surface area (Å²) < 4.78 is 7.58. The predicted molar refractivity (Wildman–Crippen MR) is 86.4 cm³/mol. The number of imidazole rings is 1. The molecule has 0 N–H and O–H groups in total. The summed E-state index contributed by atoms with van der Waals surface area (Å²) in [6.45, 7) is 10.6. The SMILES string of the molecule is CC(C)N(C)Cc1cnc2n1CCN(Cc1ccoc1)[C@@H]2C. The van der Waals surface area contributed by atoms with Crippen LogP contribution >= 0.6 is 0 Å². The van der Waals surface area contributed by atoms with Crippen LogP contribution in [0.1, 0.15) is 43.9 Å². The Morgan fingerprint density at radius 3 is 2.91 bits per heavy atom. The minimum absolute atomic E-state index is 0.335. The average Bonchev–Trinajstić information content (AvgIpc) is 3.12. The van der Waals surface area contributed by atoms with Gasteiger partial charge in [0.25, 0.3) is 0 Å². The summed E-state index contributed by atoms with van der Waals surface area (Å²) in [6.07, 6.45) is 5.62. The molecule has 5 heteroatoms. The van der Waals surface area contributed by atoms with E-state index in [0.717, 1.165) is 26.2 Å². The Balaban J connectivity index is 1.74. The van der Waals surface area contributed by atoms with Gasteiger partial charge < -0.3 is 8.98 Å². The summed E-state index contributed by atoms with van der Waals surface area (Å²) >= 11 is 0. The fourth-order valence-corrected chi connectivity index (χ4v) is 3.00. The van der Waals surface area contributed by atoms with E-state index in [1.165, 1.54) is 17.1 Å². The number of furan rings is 1. The van der Waals surface area contributed by atoms with Crippen LogP contribution in [-0.4, -0.2) is 39.0 Å². The summed E-state index contributed by atoms with van der Waals surface area (Å²) in [5, 5.41) is 0. The fourth-order valence-electron chi connectivity index (χ4n) is 3.00. The molecule has 0 unspecified atom stereocenters. The molecule has 0 aliphatic carbocycles. The van der Waals surface area contributed by atoms with Gasteiger partial charge in [0, 0.05) is 44.0 Å². The van der Waals surface area contributed by atoms with E-state index >= 15 is 0 Å². The van der Waals surface area contributed by atoms with Crippen molar-refractivity contribution >= 4 is 0 Å². The van der Waals surface area contributed by atoms with Gasteiger partial charge in [0.1, 0.15) is 5.82 Å². The summed E-state index contributed by atoms with van der Waals surface area (Å²) in [7, 11) is 2.17. The van der Waals surface area contributed by atoms with Crippen LogP contribution in [0.15, 0.2) is 29.2 Å². The monoisotopic (exact) mass is 302 g/mol. The normalized spacial score (nSPS) is 19.1. The van der Waals surface area contributed by atoms with Crippen LogP contribution in [0.3, 0.4) is 0 Å². The van der Waals surface area contributed by atoms with Gasteiger partial charge in [-0.25, -0.2) is 4.98 Å². The molecule has 0 spiro atoms. The van der Waals surface area contributed by atoms with E-state index in [1.54, 1.807) is 6.26 Å². The van der Waals surface area contributed by atoms with E-state index in [1.807, 2.05) is 18.5 Å². The van der Waals surface area contributed by atoms with Crippen molar-refractivity contribution in [3.05, 3.63) is 41.9 Å². The van der Waals surface area contributed by atoms with Gasteiger partial charge in [-0.15, -0.1) is 0 Å². The number of nitrogens with zero attached hydrogens (tertiary/aromatic N) is 4. The zero-order valence-electron chi connectivity index (χ0n) is 14.0. The van der Waals surface area contributed by atoms with Crippen LogP contribution in [0.4, 0.5) is 0 Å². The van der Waals surface area contributed by atoms with E-state index in [0.29, 0.717) is 12.1 Å². The minimum Gasteiger partial charge on any atom is -0.472 e. The van der Waals surface area contributed by atoms with Gasteiger partial charge in [-0.1, -0.05) is 0 Å². The standard InChI is InChI=1S/C17H26N4O/c1-13(2)19(4)11-16-9-18-17-14(3)20(6-7-21(16)17)10-15-5-8-22-12-15/h5,8-9,12-14H,6-7,10-11H2,1-4H3/t14-/m1/s1. The first-order chi connectivity index (χ1) is 10.6. The molecule has 0 aromatic carbocycles. The molecule has 3 rings (SSSR count). The van der Waals surface area contributed by atoms with E-state index in [-0.39, 0.29) is 0 Å². The van der Waals surface area contributed by atoms with E-state index in [9.17, 15) is 0 Å². The maximum absolute atomic E-state index is 5.18. The van der Waals surface area contributed by atoms with E-state index in [4.69, 9.17) is 9.40 Å². The highest BCUT2D eigenvalue weighted by molar-refractivity contribution is 5.13. The smallest absolute Gasteiger partial charge is 0.126 e. The highest BCUT2D eigenvalue weighted by atomic mass is 16.3. The van der Waals surface area contributed by atoms with Crippen molar-refractivity contribution in [2.24, 2.45) is 0 Å². The third-order valence-corrected chi connectivity index (χ3v) is 4.76. The Labute approximate surface area is 132 Å². The molecule has 22 heavy (non-hydrogen) atoms. The molecule has 5 nitrogen and oxygen atoms in total. The van der Waals surface area contributed by atoms with Crippen LogP contribution in [0.2, 0.25) is 0 Å². The van der Waals surface area contributed by atoms with Crippen molar-refractivity contribution in [2.45, 2.75) is 52.5 Å². The Morgan fingerprint density at radius 2 is 2.23 bits per heavy atom. The van der Waals surface area contributed by atoms with Crippen LogP contribution < -0.4 is 0 Å². The number of aromatic nitrogens is 2. The lowest BCUT2D eigenvalue weighted by Gasteiger charge is -2.34. The molecule has 0 fully saturated rings. The van der Waals surface area contributed by atoms with Crippen molar-refractivity contribution < 1.29 is 4.42 Å². The first-order valence-corrected chi connectivity index (χ1v) is 8.06. The molecular formula is C17H26N4O. The molecule has 2 aromatic heterocycles. The number of rotatable bonds is 5. The largest absolute Gasteiger partial charge is 0.472 e. The topological polar surface area (TPSA) is 37.4 Å². The molecule has 0 amide bonds. The second-order valence-electron chi connectivity index (χ2n) is 6.55. The highest BCUT2D eigenvalue weighted by Gasteiger charge is 2.27. The van der Waals surface area contributed by atoms with E-state index < -0.39 is 0 Å². The van der Waals surface area contributed by atoms with Crippen LogP contribution in [0.25, 0.3) is 0 Å². The third-order valence-electron chi connectivity index (χ3n) is 4.76. The number of hydrogen-bond acceptors (Lipinski definition) is 4. The van der Waals surface area contributed by atoms with Crippen LogP contribution in [0, 0.1) is 0 Å². The molecule has 0 bridgehead atoms. The first kappa shape index (κ1) is 15.3. The van der Waals surface area contributed by atoms with Gasteiger partial charge in [0.2, 0.25) is 0 Å². The second-order valence-corrected chi connectivity index (χ2v) is 6.55. The Kier molecular flexibility index (Phi) is 4.36. The van der Waals surface area contributed by atoms with Gasteiger partial charge in [-0.05, 0) is 33.9 Å².